The van der Waals surface area contributed by atoms with Crippen molar-refractivity contribution < 1.29 is 13.2 Å². The minimum absolute atomic E-state index is 0.275. The standard InChI is InChI=1S/C27H25NO3S/c1-19-7-13-26(14-8-19)32(29,30)28-18-24-6-4-3-5-20(24)17-27(28)23-10-9-22-16-25(31-2)12-11-21(22)15-23/h3-16,27H,17-18H2,1-2H3. The monoisotopic (exact) mass is 443 g/mol. The summed E-state index contributed by atoms with van der Waals surface area (Å²) in [7, 11) is -2.01. The number of fused-ring (bicyclic) bond motifs is 2. The van der Waals surface area contributed by atoms with Gasteiger partial charge in [0, 0.05) is 6.54 Å². The lowest BCUT2D eigenvalue weighted by molar-refractivity contribution is 0.296. The molecule has 0 saturated heterocycles. The first kappa shape index (κ1) is 20.7. The van der Waals surface area contributed by atoms with E-state index in [1.807, 2.05) is 67.6 Å². The first-order valence-electron chi connectivity index (χ1n) is 10.7. The normalized spacial score (nSPS) is 16.6. The third-order valence-corrected chi connectivity index (χ3v) is 8.16. The summed E-state index contributed by atoms with van der Waals surface area (Å²) in [6.07, 6.45) is 0.642. The summed E-state index contributed by atoms with van der Waals surface area (Å²) in [4.78, 5) is 0.331. The fraction of sp³-hybridized carbons (Fsp3) is 0.185. The average Bonchev–Trinajstić information content (AvgIpc) is 2.82. The van der Waals surface area contributed by atoms with Gasteiger partial charge < -0.3 is 4.74 Å². The van der Waals surface area contributed by atoms with E-state index < -0.39 is 10.0 Å². The van der Waals surface area contributed by atoms with E-state index in [0.29, 0.717) is 17.9 Å². The van der Waals surface area contributed by atoms with Gasteiger partial charge in [0.1, 0.15) is 5.75 Å². The number of sulfonamides is 1. The van der Waals surface area contributed by atoms with E-state index in [-0.39, 0.29) is 6.04 Å². The van der Waals surface area contributed by atoms with E-state index in [1.165, 1.54) is 5.56 Å². The molecular weight excluding hydrogens is 418 g/mol. The van der Waals surface area contributed by atoms with E-state index in [1.54, 1.807) is 23.5 Å². The van der Waals surface area contributed by atoms with Crippen LogP contribution in [0.3, 0.4) is 0 Å². The highest BCUT2D eigenvalue weighted by molar-refractivity contribution is 7.89. The first-order valence-corrected chi connectivity index (χ1v) is 12.1. The lowest BCUT2D eigenvalue weighted by Crippen LogP contribution is -2.38. The molecule has 32 heavy (non-hydrogen) atoms. The molecule has 0 radical (unpaired) electrons. The van der Waals surface area contributed by atoms with Crippen LogP contribution in [-0.2, 0) is 23.0 Å². The fourth-order valence-corrected chi connectivity index (χ4v) is 6.05. The Morgan fingerprint density at radius 1 is 0.844 bits per heavy atom. The summed E-state index contributed by atoms with van der Waals surface area (Å²) in [5.74, 6) is 0.806. The molecule has 0 aliphatic carbocycles. The van der Waals surface area contributed by atoms with Gasteiger partial charge in [0.25, 0.3) is 0 Å². The molecule has 0 spiro atoms. The molecule has 0 fully saturated rings. The lowest BCUT2D eigenvalue weighted by Gasteiger charge is -2.36. The molecule has 1 unspecified atom stereocenters. The van der Waals surface area contributed by atoms with Crippen LogP contribution in [0.4, 0.5) is 0 Å². The van der Waals surface area contributed by atoms with Crippen molar-refractivity contribution in [2.45, 2.75) is 30.8 Å². The summed E-state index contributed by atoms with van der Waals surface area (Å²) in [5, 5.41) is 2.13. The minimum Gasteiger partial charge on any atom is -0.497 e. The number of benzene rings is 4. The molecule has 1 heterocycles. The zero-order valence-corrected chi connectivity index (χ0v) is 19.0. The molecule has 0 bridgehead atoms. The number of hydrogen-bond acceptors (Lipinski definition) is 3. The van der Waals surface area contributed by atoms with Gasteiger partial charge in [-0.1, -0.05) is 60.2 Å². The van der Waals surface area contributed by atoms with Crippen LogP contribution in [0.5, 0.6) is 5.75 Å². The Morgan fingerprint density at radius 3 is 2.28 bits per heavy atom. The Labute approximate surface area is 189 Å². The van der Waals surface area contributed by atoms with Crippen LogP contribution in [-0.4, -0.2) is 19.8 Å². The molecule has 1 aliphatic heterocycles. The summed E-state index contributed by atoms with van der Waals surface area (Å²) in [5.41, 5.74) is 4.29. The van der Waals surface area contributed by atoms with Crippen LogP contribution in [0.25, 0.3) is 10.8 Å². The summed E-state index contributed by atoms with van der Waals surface area (Å²) >= 11 is 0. The third kappa shape index (κ3) is 3.68. The van der Waals surface area contributed by atoms with Gasteiger partial charge >= 0.3 is 0 Å². The maximum Gasteiger partial charge on any atom is 0.243 e. The second-order valence-corrected chi connectivity index (χ2v) is 10.2. The van der Waals surface area contributed by atoms with Crippen LogP contribution >= 0.6 is 0 Å². The first-order chi connectivity index (χ1) is 15.5. The van der Waals surface area contributed by atoms with Crippen LogP contribution < -0.4 is 4.74 Å². The second-order valence-electron chi connectivity index (χ2n) is 8.32. The molecule has 4 nitrogen and oxygen atoms in total. The lowest BCUT2D eigenvalue weighted by atomic mass is 9.91. The predicted molar refractivity (Wildman–Crippen MR) is 127 cm³/mol. The summed E-state index contributed by atoms with van der Waals surface area (Å²) in [6, 6.07) is 27.1. The molecular formula is C27H25NO3S. The highest BCUT2D eigenvalue weighted by Gasteiger charge is 2.36. The maximum absolute atomic E-state index is 13.7. The number of nitrogens with zero attached hydrogens (tertiary/aromatic N) is 1. The Bertz CT molecular complexity index is 1390. The molecule has 162 valence electrons. The molecule has 5 heteroatoms. The molecule has 5 rings (SSSR count). The smallest absolute Gasteiger partial charge is 0.243 e. The van der Waals surface area contributed by atoms with E-state index >= 15 is 0 Å². The molecule has 0 N–H and O–H groups in total. The van der Waals surface area contributed by atoms with E-state index in [9.17, 15) is 8.42 Å². The Balaban J connectivity index is 1.62. The van der Waals surface area contributed by atoms with Crippen molar-refractivity contribution in [1.29, 1.82) is 0 Å². The van der Waals surface area contributed by atoms with Gasteiger partial charge in [-0.2, -0.15) is 4.31 Å². The number of aryl methyl sites for hydroxylation is 1. The Kier molecular flexibility index (Phi) is 5.24. The number of hydrogen-bond donors (Lipinski definition) is 0. The SMILES string of the molecule is COc1ccc2cc(C3Cc4ccccc4CN3S(=O)(=O)c3ccc(C)cc3)ccc2c1. The van der Waals surface area contributed by atoms with Crippen LogP contribution in [0, 0.1) is 6.92 Å². The second kappa shape index (κ2) is 8.08. The van der Waals surface area contributed by atoms with Crippen LogP contribution in [0.15, 0.2) is 89.8 Å². The van der Waals surface area contributed by atoms with Gasteiger partial charge in [-0.15, -0.1) is 0 Å². The molecule has 0 aromatic heterocycles. The van der Waals surface area contributed by atoms with Gasteiger partial charge in [-0.3, -0.25) is 0 Å². The molecule has 1 atom stereocenters. The molecule has 0 saturated carbocycles. The summed E-state index contributed by atoms with van der Waals surface area (Å²) in [6.45, 7) is 2.32. The van der Waals surface area contributed by atoms with Crippen molar-refractivity contribution in [2.75, 3.05) is 7.11 Å². The van der Waals surface area contributed by atoms with Gasteiger partial charge in [0.05, 0.1) is 18.0 Å². The van der Waals surface area contributed by atoms with Crippen molar-refractivity contribution in [3.8, 4) is 5.75 Å². The van der Waals surface area contributed by atoms with Crippen LogP contribution in [0.1, 0.15) is 28.3 Å². The minimum atomic E-state index is -3.67. The molecule has 0 amide bonds. The maximum atomic E-state index is 13.7. The third-order valence-electron chi connectivity index (χ3n) is 6.29. The number of ether oxygens (including phenoxy) is 1. The zero-order valence-electron chi connectivity index (χ0n) is 18.2. The van der Waals surface area contributed by atoms with Crippen molar-refractivity contribution in [3.63, 3.8) is 0 Å². The Morgan fingerprint density at radius 2 is 1.53 bits per heavy atom. The van der Waals surface area contributed by atoms with E-state index in [4.69, 9.17) is 4.74 Å². The predicted octanol–water partition coefficient (Wildman–Crippen LogP) is 5.65. The quantitative estimate of drug-likeness (QED) is 0.410. The summed E-state index contributed by atoms with van der Waals surface area (Å²) < 4.78 is 34.5. The zero-order chi connectivity index (χ0) is 22.3. The van der Waals surface area contributed by atoms with Crippen molar-refractivity contribution in [3.05, 3.63) is 107 Å². The highest BCUT2D eigenvalue weighted by Crippen LogP contribution is 2.38. The van der Waals surface area contributed by atoms with Gasteiger partial charge in [-0.25, -0.2) is 8.42 Å². The van der Waals surface area contributed by atoms with Crippen molar-refractivity contribution >= 4 is 20.8 Å². The fourth-order valence-electron chi connectivity index (χ4n) is 4.46. The highest BCUT2D eigenvalue weighted by atomic mass is 32.2. The van der Waals surface area contributed by atoms with Gasteiger partial charge in [0.15, 0.2) is 0 Å². The van der Waals surface area contributed by atoms with Gasteiger partial charge in [0.2, 0.25) is 10.0 Å². The van der Waals surface area contributed by atoms with Crippen LogP contribution in [0.2, 0.25) is 0 Å². The molecule has 1 aliphatic rings. The molecule has 4 aromatic rings. The average molecular weight is 444 g/mol. The van der Waals surface area contributed by atoms with E-state index in [0.717, 1.165) is 33.2 Å². The number of rotatable bonds is 4. The van der Waals surface area contributed by atoms with Crippen molar-refractivity contribution in [1.82, 2.24) is 4.31 Å². The number of methoxy groups -OCH3 is 1. The Hall–Kier alpha value is -3.15. The van der Waals surface area contributed by atoms with E-state index in [2.05, 4.69) is 12.1 Å². The van der Waals surface area contributed by atoms with Crippen molar-refractivity contribution in [2.24, 2.45) is 0 Å². The molecule has 4 aromatic carbocycles. The topological polar surface area (TPSA) is 46.6 Å². The van der Waals surface area contributed by atoms with Gasteiger partial charge in [-0.05, 0) is 71.1 Å². The largest absolute Gasteiger partial charge is 0.497 e.